The van der Waals surface area contributed by atoms with Crippen LogP contribution in [-0.2, 0) is 4.74 Å². The molecule has 0 aromatic carbocycles. The lowest BCUT2D eigenvalue weighted by atomic mass is 9.82. The molecule has 3 nitrogen and oxygen atoms in total. The fourth-order valence-electron chi connectivity index (χ4n) is 4.57. The summed E-state index contributed by atoms with van der Waals surface area (Å²) in [5.41, 5.74) is 0. The molecular weight excluding hydrogens is 260 g/mol. The molecule has 3 rings (SSSR count). The van der Waals surface area contributed by atoms with Gasteiger partial charge in [-0.3, -0.25) is 4.90 Å². The van der Waals surface area contributed by atoms with Crippen LogP contribution in [0.25, 0.3) is 0 Å². The molecule has 0 radical (unpaired) electrons. The second-order valence-corrected chi connectivity index (χ2v) is 7.42. The molecule has 3 heteroatoms. The van der Waals surface area contributed by atoms with Gasteiger partial charge >= 0.3 is 0 Å². The quantitative estimate of drug-likeness (QED) is 0.862. The summed E-state index contributed by atoms with van der Waals surface area (Å²) in [5.74, 6) is 0.923. The molecule has 3 aliphatic rings. The van der Waals surface area contributed by atoms with Crippen molar-refractivity contribution in [3.05, 3.63) is 0 Å². The third kappa shape index (κ3) is 4.20. The predicted molar refractivity (Wildman–Crippen MR) is 87.6 cm³/mol. The van der Waals surface area contributed by atoms with Crippen molar-refractivity contribution < 1.29 is 4.74 Å². The summed E-state index contributed by atoms with van der Waals surface area (Å²) in [6.45, 7) is 6.93. The molecule has 0 bridgehead atoms. The Bertz CT molecular complexity index is 298. The van der Waals surface area contributed by atoms with Crippen LogP contribution in [0.1, 0.15) is 64.7 Å². The summed E-state index contributed by atoms with van der Waals surface area (Å²) in [7, 11) is 0. The van der Waals surface area contributed by atoms with Gasteiger partial charge in [-0.05, 0) is 44.4 Å². The van der Waals surface area contributed by atoms with Crippen LogP contribution in [0.2, 0.25) is 0 Å². The first kappa shape index (κ1) is 15.8. The second kappa shape index (κ2) is 7.94. The van der Waals surface area contributed by atoms with Crippen LogP contribution >= 0.6 is 0 Å². The van der Waals surface area contributed by atoms with Crippen LogP contribution in [0.4, 0.5) is 0 Å². The van der Waals surface area contributed by atoms with E-state index < -0.39 is 0 Å². The van der Waals surface area contributed by atoms with Crippen molar-refractivity contribution in [2.75, 3.05) is 26.2 Å². The largest absolute Gasteiger partial charge is 0.377 e. The molecule has 2 heterocycles. The number of nitrogens with one attached hydrogen (secondary N) is 1. The first-order valence-corrected chi connectivity index (χ1v) is 9.46. The van der Waals surface area contributed by atoms with Crippen LogP contribution in [0.3, 0.4) is 0 Å². The van der Waals surface area contributed by atoms with Crippen molar-refractivity contribution >= 4 is 0 Å². The minimum Gasteiger partial charge on any atom is -0.377 e. The summed E-state index contributed by atoms with van der Waals surface area (Å²) >= 11 is 0. The molecule has 21 heavy (non-hydrogen) atoms. The lowest BCUT2D eigenvalue weighted by molar-refractivity contribution is -0.0252. The van der Waals surface area contributed by atoms with E-state index in [1.807, 2.05) is 0 Å². The Morgan fingerprint density at radius 1 is 1.05 bits per heavy atom. The van der Waals surface area contributed by atoms with Crippen molar-refractivity contribution in [3.8, 4) is 0 Å². The van der Waals surface area contributed by atoms with Crippen LogP contribution in [0, 0.1) is 5.92 Å². The SMILES string of the molecule is CCC1CNC(C2CCCCC2)CN1CC1CCCCO1. The van der Waals surface area contributed by atoms with E-state index in [4.69, 9.17) is 4.74 Å². The highest BCUT2D eigenvalue weighted by Gasteiger charge is 2.33. The monoisotopic (exact) mass is 294 g/mol. The minimum absolute atomic E-state index is 0.498. The summed E-state index contributed by atoms with van der Waals surface area (Å²) in [6.07, 6.45) is 12.9. The van der Waals surface area contributed by atoms with Gasteiger partial charge < -0.3 is 10.1 Å². The Labute approximate surface area is 130 Å². The molecule has 3 fully saturated rings. The normalized spacial score (nSPS) is 36.7. The van der Waals surface area contributed by atoms with Crippen molar-refractivity contribution in [2.45, 2.75) is 82.9 Å². The van der Waals surface area contributed by atoms with E-state index in [-0.39, 0.29) is 0 Å². The van der Waals surface area contributed by atoms with Crippen LogP contribution < -0.4 is 5.32 Å². The molecule has 1 aliphatic carbocycles. The van der Waals surface area contributed by atoms with Gasteiger partial charge in [0, 0.05) is 38.3 Å². The van der Waals surface area contributed by atoms with Crippen molar-refractivity contribution in [2.24, 2.45) is 5.92 Å². The van der Waals surface area contributed by atoms with Gasteiger partial charge in [-0.2, -0.15) is 0 Å². The molecule has 0 aromatic heterocycles. The fraction of sp³-hybridized carbons (Fsp3) is 1.00. The zero-order chi connectivity index (χ0) is 14.5. The summed E-state index contributed by atoms with van der Waals surface area (Å²) in [4.78, 5) is 2.76. The Kier molecular flexibility index (Phi) is 5.96. The lowest BCUT2D eigenvalue weighted by Gasteiger charge is -2.45. The Morgan fingerprint density at radius 2 is 1.86 bits per heavy atom. The number of ether oxygens (including phenoxy) is 1. The molecule has 2 aliphatic heterocycles. The zero-order valence-corrected chi connectivity index (χ0v) is 13.9. The number of hydrogen-bond acceptors (Lipinski definition) is 3. The number of hydrogen-bond donors (Lipinski definition) is 1. The standard InChI is InChI=1S/C18H34N2O/c1-2-16-12-19-18(15-8-4-3-5-9-15)14-20(16)13-17-10-6-7-11-21-17/h15-19H,2-14H2,1H3. The lowest BCUT2D eigenvalue weighted by Crippen LogP contribution is -2.60. The van der Waals surface area contributed by atoms with Crippen LogP contribution in [-0.4, -0.2) is 49.3 Å². The highest BCUT2D eigenvalue weighted by molar-refractivity contribution is 4.91. The summed E-state index contributed by atoms with van der Waals surface area (Å²) < 4.78 is 5.99. The van der Waals surface area contributed by atoms with Crippen LogP contribution in [0.15, 0.2) is 0 Å². The van der Waals surface area contributed by atoms with Crippen molar-refractivity contribution in [3.63, 3.8) is 0 Å². The predicted octanol–water partition coefficient (Wildman–Crippen LogP) is 3.19. The molecule has 2 saturated heterocycles. The Balaban J connectivity index is 1.55. The molecule has 1 N–H and O–H groups in total. The molecule has 0 aromatic rings. The summed E-state index contributed by atoms with van der Waals surface area (Å²) in [5, 5.41) is 3.87. The zero-order valence-electron chi connectivity index (χ0n) is 13.9. The van der Waals surface area contributed by atoms with E-state index >= 15 is 0 Å². The summed E-state index contributed by atoms with van der Waals surface area (Å²) in [6, 6.07) is 1.45. The third-order valence-electron chi connectivity index (χ3n) is 5.97. The van der Waals surface area contributed by atoms with Gasteiger partial charge in [0.2, 0.25) is 0 Å². The average molecular weight is 294 g/mol. The second-order valence-electron chi connectivity index (χ2n) is 7.42. The average Bonchev–Trinajstić information content (AvgIpc) is 2.56. The highest BCUT2D eigenvalue weighted by atomic mass is 16.5. The van der Waals surface area contributed by atoms with E-state index in [1.54, 1.807) is 0 Å². The number of nitrogens with zero attached hydrogens (tertiary/aromatic N) is 1. The van der Waals surface area contributed by atoms with E-state index in [0.717, 1.165) is 24.6 Å². The van der Waals surface area contributed by atoms with Crippen molar-refractivity contribution in [1.29, 1.82) is 0 Å². The van der Waals surface area contributed by atoms with Gasteiger partial charge in [0.05, 0.1) is 6.10 Å². The van der Waals surface area contributed by atoms with Crippen molar-refractivity contribution in [1.82, 2.24) is 10.2 Å². The Morgan fingerprint density at radius 3 is 2.57 bits per heavy atom. The van der Waals surface area contributed by atoms with Gasteiger partial charge in [0.1, 0.15) is 0 Å². The van der Waals surface area contributed by atoms with Gasteiger partial charge in [-0.25, -0.2) is 0 Å². The van der Waals surface area contributed by atoms with E-state index in [9.17, 15) is 0 Å². The molecule has 122 valence electrons. The van der Waals surface area contributed by atoms with E-state index in [0.29, 0.717) is 6.10 Å². The van der Waals surface area contributed by atoms with Gasteiger partial charge in [-0.15, -0.1) is 0 Å². The smallest absolute Gasteiger partial charge is 0.0702 e. The van der Waals surface area contributed by atoms with Gasteiger partial charge in [-0.1, -0.05) is 26.2 Å². The molecule has 3 atom stereocenters. The molecule has 1 saturated carbocycles. The first-order valence-electron chi connectivity index (χ1n) is 9.46. The number of piperazine rings is 1. The topological polar surface area (TPSA) is 24.5 Å². The van der Waals surface area contributed by atoms with E-state index in [2.05, 4.69) is 17.1 Å². The van der Waals surface area contributed by atoms with E-state index in [1.165, 1.54) is 77.4 Å². The minimum atomic E-state index is 0.498. The molecule has 3 unspecified atom stereocenters. The van der Waals surface area contributed by atoms with Gasteiger partial charge in [0.15, 0.2) is 0 Å². The third-order valence-corrected chi connectivity index (χ3v) is 5.97. The number of rotatable bonds is 4. The maximum Gasteiger partial charge on any atom is 0.0702 e. The molecule has 0 amide bonds. The van der Waals surface area contributed by atoms with Gasteiger partial charge in [0.25, 0.3) is 0 Å². The molecular formula is C18H34N2O. The Hall–Kier alpha value is -0.120. The maximum atomic E-state index is 5.99. The molecule has 0 spiro atoms. The first-order chi connectivity index (χ1) is 10.4. The highest BCUT2D eigenvalue weighted by Crippen LogP contribution is 2.29. The van der Waals surface area contributed by atoms with Crippen LogP contribution in [0.5, 0.6) is 0 Å². The fourth-order valence-corrected chi connectivity index (χ4v) is 4.57. The maximum absolute atomic E-state index is 5.99.